The number of aromatic nitrogens is 2. The highest BCUT2D eigenvalue weighted by Crippen LogP contribution is 2.24. The van der Waals surface area contributed by atoms with Crippen molar-refractivity contribution in [3.63, 3.8) is 0 Å². The maximum Gasteiger partial charge on any atom is 0.319 e. The van der Waals surface area contributed by atoms with Gasteiger partial charge in [-0.2, -0.15) is 0 Å². The number of benzene rings is 2. The highest BCUT2D eigenvalue weighted by Gasteiger charge is 2.10. The molecule has 7 nitrogen and oxygen atoms in total. The number of rotatable bonds is 6. The lowest BCUT2D eigenvalue weighted by molar-refractivity contribution is 0.252. The second-order valence-electron chi connectivity index (χ2n) is 7.38. The predicted octanol–water partition coefficient (Wildman–Crippen LogP) is 5.29. The van der Waals surface area contributed by atoms with Crippen LogP contribution in [0.2, 0.25) is 0 Å². The van der Waals surface area contributed by atoms with E-state index < -0.39 is 0 Å². The number of carbonyl (C=O) groups excluding carboxylic acids is 1. The summed E-state index contributed by atoms with van der Waals surface area (Å²) < 4.78 is 11.2. The lowest BCUT2D eigenvalue weighted by Crippen LogP contribution is -2.30. The molecular weight excluding hydrogens is 392 g/mol. The number of nitrogens with one attached hydrogen (secondary N) is 2. The molecule has 0 bridgehead atoms. The van der Waals surface area contributed by atoms with Crippen LogP contribution in [0.3, 0.4) is 0 Å². The summed E-state index contributed by atoms with van der Waals surface area (Å²) in [5.41, 5.74) is 5.21. The molecule has 0 radical (unpaired) electrons. The Bertz CT molecular complexity index is 1170. The highest BCUT2D eigenvalue weighted by atomic mass is 16.4. The molecule has 0 aliphatic rings. The van der Waals surface area contributed by atoms with Crippen LogP contribution in [0.5, 0.6) is 0 Å². The number of urea groups is 1. The summed E-state index contributed by atoms with van der Waals surface area (Å²) in [5, 5.41) is 5.67. The van der Waals surface area contributed by atoms with Crippen LogP contribution < -0.4 is 10.6 Å². The standard InChI is InChI=1S/C24H24N4O3/c1-15-7-9-18(10-8-15)22-27-21(14-30-22)11-12-25-24(29)28-20-6-4-5-19(13-20)23-26-16(2)17(3)31-23/h4-10,13-14H,11-12H2,1-3H3,(H2,25,28,29). The monoisotopic (exact) mass is 416 g/mol. The van der Waals surface area contributed by atoms with Gasteiger partial charge in [0, 0.05) is 29.8 Å². The summed E-state index contributed by atoms with van der Waals surface area (Å²) in [4.78, 5) is 21.2. The average Bonchev–Trinajstić information content (AvgIpc) is 3.35. The van der Waals surface area contributed by atoms with Crippen LogP contribution in [0, 0.1) is 20.8 Å². The van der Waals surface area contributed by atoms with Crippen LogP contribution >= 0.6 is 0 Å². The van der Waals surface area contributed by atoms with E-state index in [0.717, 1.165) is 28.3 Å². The van der Waals surface area contributed by atoms with Gasteiger partial charge in [-0.15, -0.1) is 0 Å². The highest BCUT2D eigenvalue weighted by molar-refractivity contribution is 5.89. The SMILES string of the molecule is Cc1ccc(-c2nc(CCNC(=O)Nc3cccc(-c4nc(C)c(C)o4)c3)co2)cc1. The van der Waals surface area contributed by atoms with Gasteiger partial charge in [-0.05, 0) is 51.1 Å². The molecule has 0 saturated heterocycles. The van der Waals surface area contributed by atoms with Crippen LogP contribution in [0.1, 0.15) is 22.7 Å². The molecule has 2 aromatic heterocycles. The zero-order chi connectivity index (χ0) is 21.8. The summed E-state index contributed by atoms with van der Waals surface area (Å²) in [6, 6.07) is 15.1. The molecule has 31 heavy (non-hydrogen) atoms. The van der Waals surface area contributed by atoms with Crippen LogP contribution in [-0.4, -0.2) is 22.5 Å². The summed E-state index contributed by atoms with van der Waals surface area (Å²) in [6.45, 7) is 6.24. The Morgan fingerprint density at radius 2 is 1.77 bits per heavy atom. The van der Waals surface area contributed by atoms with Crippen molar-refractivity contribution in [1.29, 1.82) is 0 Å². The molecule has 0 fully saturated rings. The Kier molecular flexibility index (Phi) is 5.84. The van der Waals surface area contributed by atoms with E-state index in [1.807, 2.05) is 69.3 Å². The number of amides is 2. The molecule has 158 valence electrons. The summed E-state index contributed by atoms with van der Waals surface area (Å²) in [6.07, 6.45) is 2.19. The Morgan fingerprint density at radius 1 is 0.968 bits per heavy atom. The fourth-order valence-corrected chi connectivity index (χ4v) is 3.06. The van der Waals surface area contributed by atoms with E-state index in [2.05, 4.69) is 20.6 Å². The molecule has 2 aromatic carbocycles. The molecule has 0 aliphatic carbocycles. The lowest BCUT2D eigenvalue weighted by Gasteiger charge is -2.07. The number of hydrogen-bond acceptors (Lipinski definition) is 5. The molecule has 0 unspecified atom stereocenters. The number of hydrogen-bond donors (Lipinski definition) is 2. The first-order valence-corrected chi connectivity index (χ1v) is 10.1. The maximum atomic E-state index is 12.3. The van der Waals surface area contributed by atoms with Gasteiger partial charge in [0.25, 0.3) is 0 Å². The third kappa shape index (κ3) is 5.01. The number of aryl methyl sites for hydroxylation is 3. The first-order chi connectivity index (χ1) is 15.0. The third-order valence-corrected chi connectivity index (χ3v) is 4.91. The Balaban J connectivity index is 1.30. The predicted molar refractivity (Wildman–Crippen MR) is 119 cm³/mol. The number of nitrogens with zero attached hydrogens (tertiary/aromatic N) is 2. The van der Waals surface area contributed by atoms with Crippen molar-refractivity contribution in [3.8, 4) is 22.9 Å². The van der Waals surface area contributed by atoms with E-state index >= 15 is 0 Å². The average molecular weight is 416 g/mol. The molecule has 0 saturated carbocycles. The van der Waals surface area contributed by atoms with E-state index in [1.54, 1.807) is 6.26 Å². The van der Waals surface area contributed by atoms with E-state index in [0.29, 0.717) is 30.4 Å². The number of anilines is 1. The van der Waals surface area contributed by atoms with Gasteiger partial charge >= 0.3 is 6.03 Å². The van der Waals surface area contributed by atoms with Crippen molar-refractivity contribution >= 4 is 11.7 Å². The van der Waals surface area contributed by atoms with Crippen LogP contribution in [0.25, 0.3) is 22.9 Å². The minimum atomic E-state index is -0.292. The zero-order valence-electron chi connectivity index (χ0n) is 17.7. The zero-order valence-corrected chi connectivity index (χ0v) is 17.7. The van der Waals surface area contributed by atoms with Gasteiger partial charge in [0.1, 0.15) is 12.0 Å². The van der Waals surface area contributed by atoms with E-state index in [4.69, 9.17) is 8.83 Å². The van der Waals surface area contributed by atoms with Gasteiger partial charge in [-0.1, -0.05) is 23.8 Å². The van der Waals surface area contributed by atoms with Gasteiger partial charge in [0.15, 0.2) is 0 Å². The number of carbonyl (C=O) groups is 1. The van der Waals surface area contributed by atoms with Crippen molar-refractivity contribution in [2.75, 3.05) is 11.9 Å². The lowest BCUT2D eigenvalue weighted by atomic mass is 10.1. The first-order valence-electron chi connectivity index (χ1n) is 10.1. The summed E-state index contributed by atoms with van der Waals surface area (Å²) in [7, 11) is 0. The third-order valence-electron chi connectivity index (χ3n) is 4.91. The molecule has 2 amide bonds. The van der Waals surface area contributed by atoms with Gasteiger partial charge in [-0.25, -0.2) is 14.8 Å². The molecule has 4 aromatic rings. The first kappa shape index (κ1) is 20.4. The number of oxazole rings is 2. The Morgan fingerprint density at radius 3 is 2.52 bits per heavy atom. The van der Waals surface area contributed by atoms with E-state index in [1.165, 1.54) is 5.56 Å². The topological polar surface area (TPSA) is 93.2 Å². The molecule has 2 heterocycles. The van der Waals surface area contributed by atoms with Crippen LogP contribution in [0.4, 0.5) is 10.5 Å². The van der Waals surface area contributed by atoms with Crippen LogP contribution in [0.15, 0.2) is 63.6 Å². The Labute approximate surface area is 180 Å². The van der Waals surface area contributed by atoms with Crippen molar-refractivity contribution in [2.24, 2.45) is 0 Å². The largest absolute Gasteiger partial charge is 0.444 e. The summed E-state index contributed by atoms with van der Waals surface area (Å²) in [5.74, 6) is 1.90. The fraction of sp³-hybridized carbons (Fsp3) is 0.208. The normalized spacial score (nSPS) is 10.8. The molecule has 2 N–H and O–H groups in total. The molecule has 0 atom stereocenters. The maximum absolute atomic E-state index is 12.3. The Hall–Kier alpha value is -3.87. The van der Waals surface area contributed by atoms with E-state index in [-0.39, 0.29) is 6.03 Å². The minimum Gasteiger partial charge on any atom is -0.444 e. The molecule has 0 spiro atoms. The molecule has 7 heteroatoms. The molecule has 0 aliphatic heterocycles. The summed E-state index contributed by atoms with van der Waals surface area (Å²) >= 11 is 0. The van der Waals surface area contributed by atoms with E-state index in [9.17, 15) is 4.79 Å². The smallest absolute Gasteiger partial charge is 0.319 e. The second-order valence-corrected chi connectivity index (χ2v) is 7.38. The van der Waals surface area contributed by atoms with Crippen molar-refractivity contribution < 1.29 is 13.6 Å². The molecular formula is C24H24N4O3. The van der Waals surface area contributed by atoms with Crippen LogP contribution in [-0.2, 0) is 6.42 Å². The van der Waals surface area contributed by atoms with Gasteiger partial charge in [0.2, 0.25) is 11.8 Å². The quantitative estimate of drug-likeness (QED) is 0.446. The fourth-order valence-electron chi connectivity index (χ4n) is 3.06. The van der Waals surface area contributed by atoms with Crippen molar-refractivity contribution in [1.82, 2.24) is 15.3 Å². The van der Waals surface area contributed by atoms with Crippen molar-refractivity contribution in [2.45, 2.75) is 27.2 Å². The minimum absolute atomic E-state index is 0.292. The molecule has 4 rings (SSSR count). The van der Waals surface area contributed by atoms with Gasteiger partial charge in [0.05, 0.1) is 11.4 Å². The second kappa shape index (κ2) is 8.87. The van der Waals surface area contributed by atoms with Gasteiger partial charge < -0.3 is 19.5 Å². The van der Waals surface area contributed by atoms with Crippen molar-refractivity contribution in [3.05, 3.63) is 77.5 Å². The van der Waals surface area contributed by atoms with Gasteiger partial charge in [-0.3, -0.25) is 0 Å².